The summed E-state index contributed by atoms with van der Waals surface area (Å²) < 4.78 is 10.1. The monoisotopic (exact) mass is 442 g/mol. The molecule has 4 nitrogen and oxygen atoms in total. The fourth-order valence-corrected chi connectivity index (χ4v) is 5.29. The second kappa shape index (κ2) is 7.53. The molecule has 1 saturated carbocycles. The van der Waals surface area contributed by atoms with Crippen LogP contribution in [0, 0.1) is 0 Å². The lowest BCUT2D eigenvalue weighted by Crippen LogP contribution is -2.34. The van der Waals surface area contributed by atoms with Gasteiger partial charge in [0.1, 0.15) is 11.5 Å². The highest BCUT2D eigenvalue weighted by molar-refractivity contribution is 6.56. The van der Waals surface area contributed by atoms with Crippen LogP contribution in [-0.2, 0) is 15.8 Å². The van der Waals surface area contributed by atoms with Crippen LogP contribution in [-0.4, -0.2) is 22.0 Å². The zero-order valence-corrected chi connectivity index (χ0v) is 17.7. The normalized spacial score (nSPS) is 24.1. The first-order valence-corrected chi connectivity index (χ1v) is 10.3. The van der Waals surface area contributed by atoms with Crippen LogP contribution in [0.15, 0.2) is 84.9 Å². The highest BCUT2D eigenvalue weighted by atomic mass is 35.5. The number of carboxylic acid groups (broad SMARTS) is 1. The van der Waals surface area contributed by atoms with Crippen molar-refractivity contribution in [2.45, 2.75) is 22.3 Å². The van der Waals surface area contributed by atoms with E-state index in [1.165, 1.54) is 0 Å². The highest BCUT2D eigenvalue weighted by Gasteiger charge is 2.95. The molecule has 3 aromatic rings. The molecule has 0 bridgehead atoms. The lowest BCUT2D eigenvalue weighted by molar-refractivity contribution is -0.142. The first-order chi connectivity index (χ1) is 14.4. The summed E-state index contributed by atoms with van der Waals surface area (Å²) in [5.41, 5.74) is -2.26. The van der Waals surface area contributed by atoms with Gasteiger partial charge in [0.25, 0.3) is 0 Å². The summed E-state index contributed by atoms with van der Waals surface area (Å²) in [6, 6.07) is 24.7. The summed E-state index contributed by atoms with van der Waals surface area (Å²) in [7, 11) is 0. The second-order valence-electron chi connectivity index (χ2n) is 7.05. The van der Waals surface area contributed by atoms with Crippen LogP contribution in [0.2, 0.25) is 0 Å². The molecule has 1 aliphatic carbocycles. The van der Waals surface area contributed by atoms with E-state index in [0.29, 0.717) is 29.2 Å². The molecule has 0 saturated heterocycles. The van der Waals surface area contributed by atoms with E-state index in [4.69, 9.17) is 32.7 Å². The molecule has 4 rings (SSSR count). The van der Waals surface area contributed by atoms with Gasteiger partial charge >= 0.3 is 5.97 Å². The Morgan fingerprint density at radius 1 is 0.833 bits per heavy atom. The first kappa shape index (κ1) is 20.6. The summed E-state index contributed by atoms with van der Waals surface area (Å²) in [6.45, 7) is 2.38. The van der Waals surface area contributed by atoms with Crippen molar-refractivity contribution in [3.05, 3.63) is 96.1 Å². The van der Waals surface area contributed by atoms with E-state index < -0.39 is 21.3 Å². The molecule has 2 atom stereocenters. The maximum atomic E-state index is 12.8. The Morgan fingerprint density at radius 2 is 1.40 bits per heavy atom. The minimum atomic E-state index is -1.77. The van der Waals surface area contributed by atoms with E-state index in [1.807, 2.05) is 19.1 Å². The third-order valence-corrected chi connectivity index (χ3v) is 6.59. The molecule has 2 unspecified atom stereocenters. The largest absolute Gasteiger partial charge is 0.494 e. The molecule has 0 amide bonds. The van der Waals surface area contributed by atoms with Crippen LogP contribution >= 0.6 is 23.2 Å². The molecular formula is C24H20Cl2O4. The Bertz CT molecular complexity index is 1040. The smallest absolute Gasteiger partial charge is 0.322 e. The Labute approximate surface area is 185 Å². The van der Waals surface area contributed by atoms with Gasteiger partial charge in [-0.25, -0.2) is 0 Å². The van der Waals surface area contributed by atoms with Gasteiger partial charge in [0.05, 0.1) is 6.61 Å². The van der Waals surface area contributed by atoms with Crippen LogP contribution in [0.3, 0.4) is 0 Å². The minimum absolute atomic E-state index is 0.434. The number of carboxylic acids is 1. The van der Waals surface area contributed by atoms with Crippen LogP contribution in [0.4, 0.5) is 0 Å². The molecule has 1 fully saturated rings. The summed E-state index contributed by atoms with van der Waals surface area (Å²) in [5, 5.41) is 10.5. The number of carbonyl (C=O) groups is 1. The van der Waals surface area contributed by atoms with Crippen LogP contribution in [0.25, 0.3) is 0 Å². The molecular weight excluding hydrogens is 423 g/mol. The van der Waals surface area contributed by atoms with E-state index in [-0.39, 0.29) is 0 Å². The van der Waals surface area contributed by atoms with Crippen molar-refractivity contribution < 1.29 is 19.4 Å². The van der Waals surface area contributed by atoms with Crippen molar-refractivity contribution >= 4 is 29.2 Å². The number of hydrogen-bond donors (Lipinski definition) is 1. The zero-order valence-electron chi connectivity index (χ0n) is 16.2. The third-order valence-electron chi connectivity index (χ3n) is 5.49. The topological polar surface area (TPSA) is 55.8 Å². The molecule has 1 aliphatic rings. The van der Waals surface area contributed by atoms with Gasteiger partial charge in [-0.1, -0.05) is 83.9 Å². The number of alkyl halides is 2. The Balaban J connectivity index is 1.93. The average molecular weight is 443 g/mol. The molecule has 30 heavy (non-hydrogen) atoms. The predicted octanol–water partition coefficient (Wildman–Crippen LogP) is 5.57. The average Bonchev–Trinajstić information content (AvgIpc) is 3.21. The number of ether oxygens (including phenoxy) is 2. The summed E-state index contributed by atoms with van der Waals surface area (Å²) in [4.78, 5) is 12.8. The summed E-state index contributed by atoms with van der Waals surface area (Å²) in [6.07, 6.45) is 0. The van der Waals surface area contributed by atoms with Gasteiger partial charge in [0.15, 0.2) is 15.3 Å². The van der Waals surface area contributed by atoms with Crippen molar-refractivity contribution in [1.29, 1.82) is 0 Å². The van der Waals surface area contributed by atoms with E-state index in [1.54, 1.807) is 72.8 Å². The number of rotatable bonds is 7. The second-order valence-corrected chi connectivity index (χ2v) is 8.38. The van der Waals surface area contributed by atoms with Gasteiger partial charge in [-0.3, -0.25) is 4.79 Å². The Kier molecular flexibility index (Phi) is 5.16. The van der Waals surface area contributed by atoms with Crippen molar-refractivity contribution in [2.75, 3.05) is 6.61 Å². The van der Waals surface area contributed by atoms with Gasteiger partial charge in [-0.2, -0.15) is 0 Å². The Morgan fingerprint density at radius 3 is 1.93 bits per heavy atom. The maximum Gasteiger partial charge on any atom is 0.322 e. The number of halogens is 2. The van der Waals surface area contributed by atoms with Crippen LogP contribution in [0.1, 0.15) is 18.1 Å². The van der Waals surface area contributed by atoms with E-state index in [0.717, 1.165) is 0 Å². The van der Waals surface area contributed by atoms with Crippen molar-refractivity contribution in [1.82, 2.24) is 0 Å². The molecule has 154 valence electrons. The van der Waals surface area contributed by atoms with Gasteiger partial charge in [-0.05, 0) is 36.8 Å². The van der Waals surface area contributed by atoms with Gasteiger partial charge in [-0.15, -0.1) is 0 Å². The highest BCUT2D eigenvalue weighted by Crippen LogP contribution is 2.78. The van der Waals surface area contributed by atoms with Gasteiger partial charge in [0.2, 0.25) is 0 Å². The first-order valence-electron chi connectivity index (χ1n) is 9.56. The summed E-state index contributed by atoms with van der Waals surface area (Å²) >= 11 is 13.7. The zero-order chi connectivity index (χ0) is 21.4. The summed E-state index contributed by atoms with van der Waals surface area (Å²) in [5.74, 6) is -0.0657. The minimum Gasteiger partial charge on any atom is -0.494 e. The predicted molar refractivity (Wildman–Crippen MR) is 117 cm³/mol. The van der Waals surface area contributed by atoms with Crippen LogP contribution < -0.4 is 9.47 Å². The van der Waals surface area contributed by atoms with Gasteiger partial charge < -0.3 is 14.6 Å². The van der Waals surface area contributed by atoms with E-state index in [2.05, 4.69) is 0 Å². The Hall–Kier alpha value is -2.69. The quantitative estimate of drug-likeness (QED) is 0.485. The van der Waals surface area contributed by atoms with Crippen molar-refractivity contribution in [3.8, 4) is 11.5 Å². The number of aliphatic carboxylic acids is 1. The molecule has 0 radical (unpaired) electrons. The number of para-hydroxylation sites is 1. The molecule has 6 heteroatoms. The number of benzene rings is 3. The molecule has 0 heterocycles. The van der Waals surface area contributed by atoms with Crippen LogP contribution in [0.5, 0.6) is 11.5 Å². The number of hydrogen-bond acceptors (Lipinski definition) is 3. The van der Waals surface area contributed by atoms with Gasteiger partial charge in [0, 0.05) is 5.56 Å². The standard InChI is InChI=1S/C24H20Cl2O4/c1-2-29-19-15-13-17(14-16-19)22(21(27)28)23(24(22,25)26,18-9-5-3-6-10-18)30-20-11-7-4-8-12-20/h3-16H,2H2,1H3,(H,27,28). The van der Waals surface area contributed by atoms with E-state index >= 15 is 0 Å². The molecule has 0 spiro atoms. The van der Waals surface area contributed by atoms with Crippen molar-refractivity contribution in [2.24, 2.45) is 0 Å². The lowest BCUT2D eigenvalue weighted by Gasteiger charge is -2.24. The lowest BCUT2D eigenvalue weighted by atomic mass is 9.88. The molecule has 1 N–H and O–H groups in total. The van der Waals surface area contributed by atoms with E-state index in [9.17, 15) is 9.90 Å². The fourth-order valence-electron chi connectivity index (χ4n) is 4.16. The molecule has 0 aromatic heterocycles. The third kappa shape index (κ3) is 2.71. The fraction of sp³-hybridized carbons (Fsp3) is 0.208. The maximum absolute atomic E-state index is 12.8. The SMILES string of the molecule is CCOc1ccc(C2(C(=O)O)C(Cl)(Cl)C2(Oc2ccccc2)c2ccccc2)cc1. The van der Waals surface area contributed by atoms with Crippen molar-refractivity contribution in [3.63, 3.8) is 0 Å². The molecule has 3 aromatic carbocycles. The molecule has 0 aliphatic heterocycles.